The van der Waals surface area contributed by atoms with Crippen molar-refractivity contribution in [3.63, 3.8) is 0 Å². The molecule has 1 nitrogen and oxygen atoms in total. The second-order valence-corrected chi connectivity index (χ2v) is 4.33. The average molecular weight is 273 g/mol. The van der Waals surface area contributed by atoms with Gasteiger partial charge < -0.3 is 0 Å². The van der Waals surface area contributed by atoms with Crippen molar-refractivity contribution in [3.05, 3.63) is 29.3 Å². The van der Waals surface area contributed by atoms with E-state index >= 15 is 0 Å². The van der Waals surface area contributed by atoms with Crippen LogP contribution in [-0.4, -0.2) is 11.1 Å². The molecule has 0 aliphatic heterocycles. The summed E-state index contributed by atoms with van der Waals surface area (Å²) in [6.07, 6.45) is 1.49. The maximum Gasteiger partial charge on any atom is 0.163 e. The number of carbonyl (C=O) groups is 1. The normalized spacial score (nSPS) is 10.2. The van der Waals surface area contributed by atoms with Crippen molar-refractivity contribution >= 4 is 34.3 Å². The van der Waals surface area contributed by atoms with E-state index in [-0.39, 0.29) is 5.78 Å². The Morgan fingerprint density at radius 1 is 1.50 bits per heavy atom. The van der Waals surface area contributed by atoms with Crippen molar-refractivity contribution in [3.8, 4) is 0 Å². The molecule has 0 aliphatic rings. The van der Waals surface area contributed by atoms with Crippen LogP contribution in [0.15, 0.2) is 23.1 Å². The summed E-state index contributed by atoms with van der Waals surface area (Å²) in [5, 5.41) is 0.712. The summed E-state index contributed by atoms with van der Waals surface area (Å²) < 4.78 is 0. The fraction of sp³-hybridized carbons (Fsp3) is 0.364. The Hall–Kier alpha value is -0.280. The predicted octanol–water partition coefficient (Wildman–Crippen LogP) is 3.51. The molecule has 0 bridgehead atoms. The van der Waals surface area contributed by atoms with E-state index in [9.17, 15) is 4.79 Å². The summed E-state index contributed by atoms with van der Waals surface area (Å²) in [6.45, 7) is 2.08. The SMILES string of the molecule is CCc1ccc(C(=O)CCBr)cc1S. The van der Waals surface area contributed by atoms with Crippen molar-refractivity contribution in [1.29, 1.82) is 0 Å². The third-order valence-electron chi connectivity index (χ3n) is 2.11. The molecular weight excluding hydrogens is 260 g/mol. The quantitative estimate of drug-likeness (QED) is 0.504. The number of Topliss-reactive ketones (excluding diaryl/α,β-unsaturated/α-hetero) is 1. The van der Waals surface area contributed by atoms with Crippen LogP contribution in [0.25, 0.3) is 0 Å². The Balaban J connectivity index is 2.91. The first kappa shape index (κ1) is 11.8. The zero-order valence-corrected chi connectivity index (χ0v) is 10.6. The van der Waals surface area contributed by atoms with Crippen LogP contribution in [0.4, 0.5) is 0 Å². The van der Waals surface area contributed by atoms with E-state index in [0.717, 1.165) is 16.9 Å². The summed E-state index contributed by atoms with van der Waals surface area (Å²) in [5.41, 5.74) is 1.94. The predicted molar refractivity (Wildman–Crippen MR) is 65.8 cm³/mol. The highest BCUT2D eigenvalue weighted by Crippen LogP contribution is 2.17. The zero-order chi connectivity index (χ0) is 10.6. The Bertz CT molecular complexity index is 336. The molecule has 0 N–H and O–H groups in total. The summed E-state index contributed by atoms with van der Waals surface area (Å²) in [6, 6.07) is 5.71. The first-order valence-corrected chi connectivity index (χ1v) is 6.17. The average Bonchev–Trinajstić information content (AvgIpc) is 2.18. The number of rotatable bonds is 4. The van der Waals surface area contributed by atoms with Gasteiger partial charge in [-0.3, -0.25) is 4.79 Å². The molecule has 0 heterocycles. The van der Waals surface area contributed by atoms with Crippen LogP contribution < -0.4 is 0 Å². The molecule has 1 aromatic rings. The fourth-order valence-corrected chi connectivity index (χ4v) is 2.00. The lowest BCUT2D eigenvalue weighted by molar-refractivity contribution is 0.0989. The molecule has 3 heteroatoms. The van der Waals surface area contributed by atoms with Gasteiger partial charge in [0.05, 0.1) is 0 Å². The van der Waals surface area contributed by atoms with Crippen molar-refractivity contribution < 1.29 is 4.79 Å². The van der Waals surface area contributed by atoms with E-state index in [1.807, 2.05) is 18.2 Å². The van der Waals surface area contributed by atoms with Crippen LogP contribution in [0.1, 0.15) is 29.3 Å². The largest absolute Gasteiger partial charge is 0.294 e. The lowest BCUT2D eigenvalue weighted by atomic mass is 10.1. The molecule has 0 saturated heterocycles. The molecule has 0 radical (unpaired) electrons. The van der Waals surface area contributed by atoms with Gasteiger partial charge in [-0.1, -0.05) is 35.0 Å². The number of benzene rings is 1. The topological polar surface area (TPSA) is 17.1 Å². The van der Waals surface area contributed by atoms with Gasteiger partial charge in [-0.2, -0.15) is 0 Å². The first-order valence-electron chi connectivity index (χ1n) is 4.60. The highest BCUT2D eigenvalue weighted by molar-refractivity contribution is 9.09. The van der Waals surface area contributed by atoms with Crippen molar-refractivity contribution in [2.45, 2.75) is 24.7 Å². The molecule has 0 unspecified atom stereocenters. The number of hydrogen-bond acceptors (Lipinski definition) is 2. The lowest BCUT2D eigenvalue weighted by Gasteiger charge is -2.04. The highest BCUT2D eigenvalue weighted by Gasteiger charge is 2.06. The standard InChI is InChI=1S/C11H13BrOS/c1-2-8-3-4-9(7-11(8)14)10(13)5-6-12/h3-4,7,14H,2,5-6H2,1H3. The third-order valence-corrected chi connectivity index (χ3v) is 2.92. The van der Waals surface area contributed by atoms with Gasteiger partial charge in [-0.15, -0.1) is 12.6 Å². The number of halogens is 1. The number of thiol groups is 1. The molecule has 1 rings (SSSR count). The fourth-order valence-electron chi connectivity index (χ4n) is 1.27. The molecule has 0 spiro atoms. The minimum absolute atomic E-state index is 0.167. The molecule has 0 aliphatic carbocycles. The summed E-state index contributed by atoms with van der Waals surface area (Å²) in [5.74, 6) is 0.167. The Kier molecular flexibility index (Phi) is 4.69. The van der Waals surface area contributed by atoms with E-state index < -0.39 is 0 Å². The van der Waals surface area contributed by atoms with Gasteiger partial charge in [0.15, 0.2) is 5.78 Å². The van der Waals surface area contributed by atoms with Gasteiger partial charge in [0, 0.05) is 22.2 Å². The molecule has 14 heavy (non-hydrogen) atoms. The van der Waals surface area contributed by atoms with Crippen molar-refractivity contribution in [1.82, 2.24) is 0 Å². The van der Waals surface area contributed by atoms with Crippen LogP contribution >= 0.6 is 28.6 Å². The van der Waals surface area contributed by atoms with Crippen LogP contribution in [0, 0.1) is 0 Å². The third kappa shape index (κ3) is 2.85. The van der Waals surface area contributed by atoms with E-state index in [4.69, 9.17) is 0 Å². The molecule has 0 amide bonds. The van der Waals surface area contributed by atoms with Gasteiger partial charge >= 0.3 is 0 Å². The van der Waals surface area contributed by atoms with E-state index in [2.05, 4.69) is 35.5 Å². The Labute approximate surface area is 98.4 Å². The maximum absolute atomic E-state index is 11.5. The second kappa shape index (κ2) is 5.56. The minimum atomic E-state index is 0.167. The summed E-state index contributed by atoms with van der Waals surface area (Å²) >= 11 is 7.60. The van der Waals surface area contributed by atoms with Crippen LogP contribution in [-0.2, 0) is 6.42 Å². The maximum atomic E-state index is 11.5. The van der Waals surface area contributed by atoms with Gasteiger partial charge in [0.25, 0.3) is 0 Å². The van der Waals surface area contributed by atoms with Crippen molar-refractivity contribution in [2.24, 2.45) is 0 Å². The molecule has 0 aromatic heterocycles. The monoisotopic (exact) mass is 272 g/mol. The number of aryl methyl sites for hydroxylation is 1. The number of ketones is 1. The smallest absolute Gasteiger partial charge is 0.163 e. The zero-order valence-electron chi connectivity index (χ0n) is 8.09. The van der Waals surface area contributed by atoms with E-state index in [1.54, 1.807) is 0 Å². The molecule has 1 aromatic carbocycles. The molecular formula is C11H13BrOS. The molecule has 0 fully saturated rings. The lowest BCUT2D eigenvalue weighted by Crippen LogP contribution is -2.00. The minimum Gasteiger partial charge on any atom is -0.294 e. The van der Waals surface area contributed by atoms with Gasteiger partial charge in [-0.05, 0) is 18.1 Å². The van der Waals surface area contributed by atoms with Crippen LogP contribution in [0.2, 0.25) is 0 Å². The number of hydrogen-bond donors (Lipinski definition) is 1. The summed E-state index contributed by atoms with van der Waals surface area (Å²) in [7, 11) is 0. The molecule has 0 atom stereocenters. The second-order valence-electron chi connectivity index (χ2n) is 3.06. The van der Waals surface area contributed by atoms with Gasteiger partial charge in [0.2, 0.25) is 0 Å². The van der Waals surface area contributed by atoms with Crippen LogP contribution in [0.5, 0.6) is 0 Å². The van der Waals surface area contributed by atoms with Crippen molar-refractivity contribution in [2.75, 3.05) is 5.33 Å². The molecule has 76 valence electrons. The van der Waals surface area contributed by atoms with Gasteiger partial charge in [-0.25, -0.2) is 0 Å². The Morgan fingerprint density at radius 2 is 2.21 bits per heavy atom. The van der Waals surface area contributed by atoms with Gasteiger partial charge in [0.1, 0.15) is 0 Å². The van der Waals surface area contributed by atoms with E-state index in [1.165, 1.54) is 5.56 Å². The van der Waals surface area contributed by atoms with E-state index in [0.29, 0.717) is 11.8 Å². The first-order chi connectivity index (χ1) is 6.69. The Morgan fingerprint density at radius 3 is 2.71 bits per heavy atom. The number of alkyl halides is 1. The number of carbonyl (C=O) groups excluding carboxylic acids is 1. The van der Waals surface area contributed by atoms with Crippen LogP contribution in [0.3, 0.4) is 0 Å². The highest BCUT2D eigenvalue weighted by atomic mass is 79.9. The summed E-state index contributed by atoms with van der Waals surface area (Å²) in [4.78, 5) is 12.4. The molecule has 0 saturated carbocycles.